The van der Waals surface area contributed by atoms with Gasteiger partial charge in [0.05, 0.1) is 0 Å². The fourth-order valence-electron chi connectivity index (χ4n) is 2.15. The van der Waals surface area contributed by atoms with Gasteiger partial charge in [0, 0.05) is 16.9 Å². The number of hydrogen-bond acceptors (Lipinski definition) is 5. The minimum Gasteiger partial charge on any atom is -0.454 e. The van der Waals surface area contributed by atoms with E-state index in [0.29, 0.717) is 22.7 Å². The molecule has 9 heteroatoms. The van der Waals surface area contributed by atoms with Crippen molar-refractivity contribution < 1.29 is 14.3 Å². The lowest BCUT2D eigenvalue weighted by atomic mass is 10.2. The van der Waals surface area contributed by atoms with Crippen molar-refractivity contribution in [1.29, 1.82) is 0 Å². The van der Waals surface area contributed by atoms with E-state index in [0.717, 1.165) is 5.69 Å². The summed E-state index contributed by atoms with van der Waals surface area (Å²) in [6.07, 6.45) is 0. The SMILES string of the molecule is NC(=S)Nc1ccc(NC(=S)NC(=O)c2ccc3c(c2)OCO3)cc1. The standard InChI is InChI=1S/C16H14N4O3S2/c17-15(24)18-10-2-4-11(5-3-10)19-16(25)20-14(21)9-1-6-12-13(7-9)23-8-22-12/h1-7H,8H2,(H3,17,18,24)(H2,19,20,21,25). The van der Waals surface area contributed by atoms with Gasteiger partial charge in [-0.15, -0.1) is 0 Å². The average molecular weight is 374 g/mol. The number of fused-ring (bicyclic) bond motifs is 1. The number of carbonyl (C=O) groups excluding carboxylic acids is 1. The molecule has 0 fully saturated rings. The Balaban J connectivity index is 1.58. The van der Waals surface area contributed by atoms with Gasteiger partial charge in [-0.05, 0) is 66.9 Å². The molecule has 0 aliphatic carbocycles. The van der Waals surface area contributed by atoms with E-state index in [-0.39, 0.29) is 22.9 Å². The van der Waals surface area contributed by atoms with E-state index >= 15 is 0 Å². The van der Waals surface area contributed by atoms with Crippen LogP contribution >= 0.6 is 24.4 Å². The van der Waals surface area contributed by atoms with Crippen LogP contribution in [0.15, 0.2) is 42.5 Å². The minimum absolute atomic E-state index is 0.153. The molecule has 3 rings (SSSR count). The van der Waals surface area contributed by atoms with Crippen LogP contribution in [0.1, 0.15) is 10.4 Å². The van der Waals surface area contributed by atoms with Crippen LogP contribution in [0.2, 0.25) is 0 Å². The summed E-state index contributed by atoms with van der Waals surface area (Å²) in [5.74, 6) is 0.804. The van der Waals surface area contributed by atoms with E-state index < -0.39 is 0 Å². The molecule has 1 aliphatic rings. The highest BCUT2D eigenvalue weighted by atomic mass is 32.1. The highest BCUT2D eigenvalue weighted by Crippen LogP contribution is 2.32. The van der Waals surface area contributed by atoms with Crippen LogP contribution in [0.3, 0.4) is 0 Å². The number of ether oxygens (including phenoxy) is 2. The van der Waals surface area contributed by atoms with Gasteiger partial charge in [-0.3, -0.25) is 10.1 Å². The van der Waals surface area contributed by atoms with E-state index in [2.05, 4.69) is 16.0 Å². The molecule has 2 aromatic rings. The number of amides is 1. The second-order valence-electron chi connectivity index (χ2n) is 5.04. The van der Waals surface area contributed by atoms with E-state index in [9.17, 15) is 4.79 Å². The molecule has 1 aliphatic heterocycles. The molecular weight excluding hydrogens is 360 g/mol. The first-order valence-corrected chi connectivity index (χ1v) is 8.01. The molecule has 0 aromatic heterocycles. The Morgan fingerprint density at radius 3 is 2.28 bits per heavy atom. The fraction of sp³-hybridized carbons (Fsp3) is 0.0625. The number of thiocarbonyl (C=S) groups is 2. The maximum absolute atomic E-state index is 12.2. The van der Waals surface area contributed by atoms with Crippen molar-refractivity contribution in [3.63, 3.8) is 0 Å². The third-order valence-corrected chi connectivity index (χ3v) is 3.58. The smallest absolute Gasteiger partial charge is 0.257 e. The quantitative estimate of drug-likeness (QED) is 0.607. The molecule has 0 bridgehead atoms. The topological polar surface area (TPSA) is 97.6 Å². The van der Waals surface area contributed by atoms with Gasteiger partial charge in [-0.1, -0.05) is 0 Å². The highest BCUT2D eigenvalue weighted by Gasteiger charge is 2.16. The van der Waals surface area contributed by atoms with Gasteiger partial charge < -0.3 is 25.8 Å². The number of rotatable bonds is 3. The maximum atomic E-state index is 12.2. The largest absolute Gasteiger partial charge is 0.454 e. The third kappa shape index (κ3) is 4.34. The number of benzene rings is 2. The zero-order valence-corrected chi connectivity index (χ0v) is 14.5. The van der Waals surface area contributed by atoms with Crippen molar-refractivity contribution in [2.24, 2.45) is 5.73 Å². The molecule has 0 saturated heterocycles. The lowest BCUT2D eigenvalue weighted by molar-refractivity contribution is 0.0977. The molecule has 25 heavy (non-hydrogen) atoms. The van der Waals surface area contributed by atoms with Gasteiger partial charge in [0.15, 0.2) is 21.7 Å². The number of carbonyl (C=O) groups is 1. The molecule has 0 atom stereocenters. The van der Waals surface area contributed by atoms with Crippen LogP contribution in [-0.2, 0) is 0 Å². The van der Waals surface area contributed by atoms with E-state index in [1.165, 1.54) is 0 Å². The van der Waals surface area contributed by atoms with E-state index in [1.54, 1.807) is 42.5 Å². The molecule has 5 N–H and O–H groups in total. The summed E-state index contributed by atoms with van der Waals surface area (Å²) in [4.78, 5) is 12.2. The molecule has 128 valence electrons. The van der Waals surface area contributed by atoms with Gasteiger partial charge in [0.1, 0.15) is 0 Å². The van der Waals surface area contributed by atoms with Crippen LogP contribution in [0, 0.1) is 0 Å². The highest BCUT2D eigenvalue weighted by molar-refractivity contribution is 7.80. The van der Waals surface area contributed by atoms with Crippen LogP contribution in [0.5, 0.6) is 11.5 Å². The van der Waals surface area contributed by atoms with Crippen molar-refractivity contribution in [3.05, 3.63) is 48.0 Å². The van der Waals surface area contributed by atoms with E-state index in [1.807, 2.05) is 0 Å². The van der Waals surface area contributed by atoms with Crippen LogP contribution in [0.4, 0.5) is 11.4 Å². The molecule has 1 amide bonds. The van der Waals surface area contributed by atoms with Crippen LogP contribution in [0.25, 0.3) is 0 Å². The van der Waals surface area contributed by atoms with Crippen molar-refractivity contribution in [2.75, 3.05) is 17.4 Å². The summed E-state index contributed by atoms with van der Waals surface area (Å²) in [6.45, 7) is 0.153. The second-order valence-corrected chi connectivity index (χ2v) is 5.89. The molecule has 1 heterocycles. The summed E-state index contributed by atoms with van der Waals surface area (Å²) in [6, 6.07) is 12.0. The summed E-state index contributed by atoms with van der Waals surface area (Å²) in [5.41, 5.74) is 7.30. The molecule has 2 aromatic carbocycles. The Hall–Kier alpha value is -2.91. The maximum Gasteiger partial charge on any atom is 0.257 e. The number of nitrogens with one attached hydrogen (secondary N) is 3. The monoisotopic (exact) mass is 374 g/mol. The van der Waals surface area contributed by atoms with Crippen LogP contribution in [-0.4, -0.2) is 22.9 Å². The number of hydrogen-bond donors (Lipinski definition) is 4. The second kappa shape index (κ2) is 7.32. The van der Waals surface area contributed by atoms with Crippen molar-refractivity contribution in [1.82, 2.24) is 5.32 Å². The molecule has 7 nitrogen and oxygen atoms in total. The fourth-order valence-corrected chi connectivity index (χ4v) is 2.48. The summed E-state index contributed by atoms with van der Waals surface area (Å²) < 4.78 is 10.5. The Morgan fingerprint density at radius 1 is 0.960 bits per heavy atom. The van der Waals surface area contributed by atoms with E-state index in [4.69, 9.17) is 39.6 Å². The molecule has 0 radical (unpaired) electrons. The first kappa shape index (κ1) is 16.9. The predicted octanol–water partition coefficient (Wildman–Crippen LogP) is 2.20. The Kier molecular flexibility index (Phi) is 4.96. The van der Waals surface area contributed by atoms with Gasteiger partial charge in [-0.2, -0.15) is 0 Å². The zero-order valence-electron chi connectivity index (χ0n) is 12.9. The molecular formula is C16H14N4O3S2. The Morgan fingerprint density at radius 2 is 1.60 bits per heavy atom. The van der Waals surface area contributed by atoms with Gasteiger partial charge in [0.25, 0.3) is 5.91 Å². The summed E-state index contributed by atoms with van der Waals surface area (Å²) in [7, 11) is 0. The number of anilines is 2. The van der Waals surface area contributed by atoms with Crippen molar-refractivity contribution >= 4 is 51.9 Å². The van der Waals surface area contributed by atoms with Crippen molar-refractivity contribution in [2.45, 2.75) is 0 Å². The lowest BCUT2D eigenvalue weighted by Crippen LogP contribution is -2.34. The molecule has 0 spiro atoms. The first-order chi connectivity index (χ1) is 12.0. The van der Waals surface area contributed by atoms with Gasteiger partial charge >= 0.3 is 0 Å². The number of nitrogens with two attached hydrogens (primary N) is 1. The normalized spacial score (nSPS) is 11.5. The zero-order chi connectivity index (χ0) is 17.8. The van der Waals surface area contributed by atoms with Crippen molar-refractivity contribution in [3.8, 4) is 11.5 Å². The Bertz CT molecular complexity index is 840. The first-order valence-electron chi connectivity index (χ1n) is 7.20. The summed E-state index contributed by atoms with van der Waals surface area (Å²) >= 11 is 9.93. The van der Waals surface area contributed by atoms with Gasteiger partial charge in [0.2, 0.25) is 6.79 Å². The van der Waals surface area contributed by atoms with Crippen LogP contribution < -0.4 is 31.2 Å². The summed E-state index contributed by atoms with van der Waals surface area (Å²) in [5, 5.41) is 8.72. The molecule has 0 unspecified atom stereocenters. The molecule has 0 saturated carbocycles. The average Bonchev–Trinajstić information content (AvgIpc) is 3.03. The Labute approximate surface area is 154 Å². The lowest BCUT2D eigenvalue weighted by Gasteiger charge is -2.11. The van der Waals surface area contributed by atoms with Gasteiger partial charge in [-0.25, -0.2) is 0 Å². The third-order valence-electron chi connectivity index (χ3n) is 3.27. The predicted molar refractivity (Wildman–Crippen MR) is 103 cm³/mol. The minimum atomic E-state index is -0.345.